The van der Waals surface area contributed by atoms with E-state index in [1.165, 1.54) is 19.8 Å². The minimum atomic E-state index is -3.52. The molecule has 0 spiro atoms. The predicted octanol–water partition coefficient (Wildman–Crippen LogP) is 1.11. The van der Waals surface area contributed by atoms with Gasteiger partial charge in [0, 0.05) is 12.8 Å². The molecule has 1 heterocycles. The van der Waals surface area contributed by atoms with Crippen LogP contribution < -0.4 is 0 Å². The Morgan fingerprint density at radius 3 is 2.40 bits per heavy atom. The quantitative estimate of drug-likeness (QED) is 0.528. The molecule has 1 rings (SSSR count). The van der Waals surface area contributed by atoms with Crippen molar-refractivity contribution in [1.29, 1.82) is 0 Å². The maximum absolute atomic E-state index is 11.3. The van der Waals surface area contributed by atoms with Crippen LogP contribution in [-0.4, -0.2) is 46.2 Å². The summed E-state index contributed by atoms with van der Waals surface area (Å²) in [6.07, 6.45) is 2.45. The van der Waals surface area contributed by atoms with Crippen molar-refractivity contribution >= 4 is 10.1 Å². The Bertz CT molecular complexity index is 329. The first-order valence-corrected chi connectivity index (χ1v) is 6.65. The van der Waals surface area contributed by atoms with Gasteiger partial charge in [0.25, 0.3) is 10.1 Å². The van der Waals surface area contributed by atoms with E-state index in [9.17, 15) is 8.42 Å². The summed E-state index contributed by atoms with van der Waals surface area (Å²) in [7, 11) is -1.38. The van der Waals surface area contributed by atoms with Crippen LogP contribution in [0.1, 0.15) is 19.8 Å². The van der Waals surface area contributed by atoms with Crippen LogP contribution in [0, 0.1) is 0 Å². The number of hydrogen-bond acceptors (Lipinski definition) is 3. The zero-order valence-corrected chi connectivity index (χ0v) is 10.3. The molecular weight excluding hydrogens is 214 g/mol. The lowest BCUT2D eigenvalue weighted by Gasteiger charge is -2.28. The minimum Gasteiger partial charge on any atom is -0.324 e. The van der Waals surface area contributed by atoms with Gasteiger partial charge in [-0.2, -0.15) is 8.42 Å². The first kappa shape index (κ1) is 12.7. The van der Waals surface area contributed by atoms with Crippen LogP contribution in [0.5, 0.6) is 0 Å². The van der Waals surface area contributed by atoms with Gasteiger partial charge in [-0.3, -0.25) is 4.18 Å². The van der Waals surface area contributed by atoms with Gasteiger partial charge in [-0.15, -0.1) is 0 Å². The van der Waals surface area contributed by atoms with E-state index in [1.54, 1.807) is 0 Å². The molecule has 0 N–H and O–H groups in total. The first-order valence-electron chi connectivity index (χ1n) is 5.24. The maximum Gasteiger partial charge on any atom is 0.292 e. The standard InChI is InChI=1S/C10H20NO3S/c1-10(2)15(12,13)14-9-8-11(3)6-4-5-7-11/h1,4-9H2,2-3H3/q+1. The number of allylic oxidation sites excluding steroid dienone is 1. The Labute approximate surface area is 92.2 Å². The van der Waals surface area contributed by atoms with Crippen LogP contribution >= 0.6 is 0 Å². The van der Waals surface area contributed by atoms with Crippen LogP contribution in [0.2, 0.25) is 0 Å². The van der Waals surface area contributed by atoms with Gasteiger partial charge in [-0.25, -0.2) is 0 Å². The number of hydrogen-bond donors (Lipinski definition) is 0. The lowest BCUT2D eigenvalue weighted by atomic mass is 10.4. The Morgan fingerprint density at radius 2 is 1.93 bits per heavy atom. The SMILES string of the molecule is C=C(C)S(=O)(=O)OCC[N+]1(C)CCCC1. The van der Waals surface area contributed by atoms with E-state index in [-0.39, 0.29) is 11.5 Å². The summed E-state index contributed by atoms with van der Waals surface area (Å²) in [5, 5.41) is 0. The van der Waals surface area contributed by atoms with Crippen molar-refractivity contribution in [2.24, 2.45) is 0 Å². The second kappa shape index (κ2) is 4.63. The Hall–Kier alpha value is -0.390. The highest BCUT2D eigenvalue weighted by molar-refractivity contribution is 7.90. The fourth-order valence-corrected chi connectivity index (χ4v) is 2.29. The van der Waals surface area contributed by atoms with E-state index in [0.717, 1.165) is 24.1 Å². The zero-order valence-electron chi connectivity index (χ0n) is 9.53. The molecule has 0 aromatic rings. The van der Waals surface area contributed by atoms with E-state index in [0.29, 0.717) is 0 Å². The number of quaternary nitrogens is 1. The fraction of sp³-hybridized carbons (Fsp3) is 0.800. The molecule has 0 unspecified atom stereocenters. The van der Waals surface area contributed by atoms with Crippen LogP contribution in [0.3, 0.4) is 0 Å². The lowest BCUT2D eigenvalue weighted by Crippen LogP contribution is -2.43. The predicted molar refractivity (Wildman–Crippen MR) is 59.7 cm³/mol. The molecule has 0 atom stereocenters. The van der Waals surface area contributed by atoms with Crippen molar-refractivity contribution in [3.8, 4) is 0 Å². The van der Waals surface area contributed by atoms with Crippen molar-refractivity contribution in [1.82, 2.24) is 0 Å². The van der Waals surface area contributed by atoms with E-state index in [2.05, 4.69) is 13.6 Å². The number of likely N-dealkylation sites (N-methyl/N-ethyl adjacent to an activating group) is 1. The molecule has 0 bridgehead atoms. The Kier molecular flexibility index (Phi) is 3.92. The van der Waals surface area contributed by atoms with Crippen LogP contribution in [0.25, 0.3) is 0 Å². The fourth-order valence-electron chi connectivity index (χ4n) is 1.79. The van der Waals surface area contributed by atoms with Gasteiger partial charge < -0.3 is 4.48 Å². The molecule has 4 nitrogen and oxygen atoms in total. The summed E-state index contributed by atoms with van der Waals surface area (Å²) < 4.78 is 28.4. The number of likely N-dealkylation sites (tertiary alicyclic amines) is 1. The molecule has 0 saturated carbocycles. The summed E-state index contributed by atoms with van der Waals surface area (Å²) in [6, 6.07) is 0. The molecule has 1 aliphatic heterocycles. The first-order chi connectivity index (χ1) is 6.86. The molecule has 1 saturated heterocycles. The molecule has 0 aliphatic carbocycles. The van der Waals surface area contributed by atoms with E-state index >= 15 is 0 Å². The van der Waals surface area contributed by atoms with Gasteiger partial charge >= 0.3 is 0 Å². The van der Waals surface area contributed by atoms with E-state index < -0.39 is 10.1 Å². The van der Waals surface area contributed by atoms with Crippen molar-refractivity contribution in [2.45, 2.75) is 19.8 Å². The summed E-state index contributed by atoms with van der Waals surface area (Å²) in [5.74, 6) is 0. The van der Waals surface area contributed by atoms with Crippen LogP contribution in [0.15, 0.2) is 11.5 Å². The highest BCUT2D eigenvalue weighted by atomic mass is 32.2. The van der Waals surface area contributed by atoms with Crippen molar-refractivity contribution < 1.29 is 17.1 Å². The summed E-state index contributed by atoms with van der Waals surface area (Å²) in [6.45, 7) is 8.08. The molecule has 0 aromatic heterocycles. The second-order valence-electron chi connectivity index (χ2n) is 4.48. The molecule has 0 aromatic carbocycles. The topological polar surface area (TPSA) is 43.4 Å². The van der Waals surface area contributed by atoms with E-state index in [4.69, 9.17) is 4.18 Å². The van der Waals surface area contributed by atoms with Crippen molar-refractivity contribution in [3.05, 3.63) is 11.5 Å². The Balaban J connectivity index is 2.36. The molecule has 1 fully saturated rings. The number of nitrogens with zero attached hydrogens (tertiary/aromatic N) is 1. The van der Waals surface area contributed by atoms with Crippen LogP contribution in [0.4, 0.5) is 0 Å². The molecule has 15 heavy (non-hydrogen) atoms. The second-order valence-corrected chi connectivity index (χ2v) is 6.32. The molecule has 88 valence electrons. The summed E-state index contributed by atoms with van der Waals surface area (Å²) in [4.78, 5) is 0.0755. The van der Waals surface area contributed by atoms with E-state index in [1.807, 2.05) is 0 Å². The van der Waals surface area contributed by atoms with Gasteiger partial charge in [-0.1, -0.05) is 6.58 Å². The Morgan fingerprint density at radius 1 is 1.40 bits per heavy atom. The molecule has 1 aliphatic rings. The molecular formula is C10H20NO3S+. The highest BCUT2D eigenvalue weighted by Crippen LogP contribution is 2.16. The zero-order chi connectivity index (χ0) is 11.5. The lowest BCUT2D eigenvalue weighted by molar-refractivity contribution is -0.897. The number of rotatable bonds is 5. The van der Waals surface area contributed by atoms with Crippen molar-refractivity contribution in [2.75, 3.05) is 33.3 Å². The molecule has 5 heteroatoms. The van der Waals surface area contributed by atoms with Gasteiger partial charge in [0.2, 0.25) is 0 Å². The van der Waals surface area contributed by atoms with Gasteiger partial charge in [-0.05, 0) is 6.92 Å². The smallest absolute Gasteiger partial charge is 0.292 e. The van der Waals surface area contributed by atoms with Crippen molar-refractivity contribution in [3.63, 3.8) is 0 Å². The summed E-state index contributed by atoms with van der Waals surface area (Å²) >= 11 is 0. The molecule has 0 radical (unpaired) electrons. The monoisotopic (exact) mass is 234 g/mol. The third kappa shape index (κ3) is 3.59. The maximum atomic E-state index is 11.3. The largest absolute Gasteiger partial charge is 0.324 e. The van der Waals surface area contributed by atoms with Gasteiger partial charge in [0.05, 0.1) is 25.0 Å². The summed E-state index contributed by atoms with van der Waals surface area (Å²) in [5.41, 5.74) is 0. The third-order valence-electron chi connectivity index (χ3n) is 2.94. The molecule has 0 amide bonds. The normalized spacial score (nSPS) is 20.4. The average Bonchev–Trinajstić information content (AvgIpc) is 2.51. The van der Waals surface area contributed by atoms with Gasteiger partial charge in [0.15, 0.2) is 0 Å². The minimum absolute atomic E-state index is 0.0755. The van der Waals surface area contributed by atoms with Crippen LogP contribution in [-0.2, 0) is 14.3 Å². The highest BCUT2D eigenvalue weighted by Gasteiger charge is 2.27. The average molecular weight is 234 g/mol. The third-order valence-corrected chi connectivity index (χ3v) is 4.27. The van der Waals surface area contributed by atoms with Gasteiger partial charge in [0.1, 0.15) is 13.2 Å².